The number of hydrogen-bond acceptors (Lipinski definition) is 23. The maximum Gasteiger partial charge on any atom is 0.335 e. The minimum atomic E-state index is -1.83. The molecule has 10 aromatic rings. The van der Waals surface area contributed by atoms with Gasteiger partial charge in [-0.05, 0) is 74.5 Å². The van der Waals surface area contributed by atoms with Gasteiger partial charge in [0.1, 0.15) is 54.2 Å². The monoisotopic (exact) mass is 1340 g/mol. The molecular formula is C64H70N12O17S2. The molecule has 3 saturated heterocycles. The van der Waals surface area contributed by atoms with Gasteiger partial charge >= 0.3 is 24.0 Å². The Balaban J connectivity index is 0.000000187. The Morgan fingerprint density at radius 1 is 0.589 bits per heavy atom. The van der Waals surface area contributed by atoms with Crippen LogP contribution in [-0.2, 0) is 39.4 Å². The largest absolute Gasteiger partial charge is 0.492 e. The lowest BCUT2D eigenvalue weighted by Gasteiger charge is -2.39. The van der Waals surface area contributed by atoms with Gasteiger partial charge in [0.05, 0.1) is 64.9 Å². The third kappa shape index (κ3) is 15.4. The Bertz CT molecular complexity index is 4340. The highest BCUT2D eigenvalue weighted by Crippen LogP contribution is 2.36. The topological polar surface area (TPSA) is 366 Å². The van der Waals surface area contributed by atoms with Crippen LogP contribution in [0.3, 0.4) is 0 Å². The van der Waals surface area contributed by atoms with Gasteiger partial charge in [-0.1, -0.05) is 71.1 Å². The van der Waals surface area contributed by atoms with E-state index in [1.165, 1.54) is 26.0 Å². The number of hydrogen-bond donors (Lipinski definition) is 9. The number of aromatic nitrogens is 6. The molecule has 0 spiro atoms. The van der Waals surface area contributed by atoms with Crippen LogP contribution in [-0.4, -0.2) is 205 Å². The summed E-state index contributed by atoms with van der Waals surface area (Å²) in [7, 11) is 0. The van der Waals surface area contributed by atoms with Gasteiger partial charge in [-0.3, -0.25) is 34.0 Å². The third-order valence-electron chi connectivity index (χ3n) is 16.3. The number of aliphatic hydroxyl groups is 3. The molecule has 0 aliphatic carbocycles. The summed E-state index contributed by atoms with van der Waals surface area (Å²) in [6.45, 7) is 16.1. The molecule has 0 bridgehead atoms. The fourth-order valence-corrected chi connectivity index (χ4v) is 12.7. The number of nitrogens with zero attached hydrogens (tertiary/aromatic N) is 8. The number of rotatable bonds is 21. The summed E-state index contributed by atoms with van der Waals surface area (Å²) >= 11 is 3.19. The number of fused-ring (bicyclic) bond motifs is 6. The van der Waals surface area contributed by atoms with Crippen LogP contribution >= 0.6 is 22.7 Å². The third-order valence-corrected chi connectivity index (χ3v) is 18.3. The van der Waals surface area contributed by atoms with Gasteiger partial charge in [0.15, 0.2) is 39.7 Å². The molecule has 9 heterocycles. The standard InChI is InChI=1S/C35H40N6O11S.C29H30N6O6S/c1-35(2,18-50-32-29(44)27(42)28(43)30(51-32)31(45)46)25-16-26(39-52-25)38-33(47)36-20-5-3-19(4-6-20)22-17-41-23-8-7-21(15-24(23)53-34(41)37-22)49-14-11-40-9-12-48-13-10-40;1-29(2,26(36)37)24-16-25(33-41-24)32-27(38)30-19-5-3-18(4-6-19)21-17-35-22-8-7-20(15-23(22)42-28(35)31-21)40-14-11-34-9-12-39-13-10-34/h3-8,15-17,27-30,32,42-44H,9-14,18H2,1-2H3,(H,45,46)(H2,36,38,39,47);3-8,15-17H,9-14H2,1-2H3,(H,36,37)(H2,30,32,33,38). The molecule has 0 saturated carbocycles. The van der Waals surface area contributed by atoms with E-state index in [0.717, 1.165) is 130 Å². The Hall–Kier alpha value is -9.12. The number of amides is 4. The molecule has 9 N–H and O–H groups in total. The maximum atomic E-state index is 12.8. The molecule has 31 heteroatoms. The zero-order chi connectivity index (χ0) is 66.5. The lowest BCUT2D eigenvalue weighted by Crippen LogP contribution is -2.60. The van der Waals surface area contributed by atoms with Crippen molar-refractivity contribution in [3.05, 3.63) is 121 Å². The molecular weight excluding hydrogens is 1270 g/mol. The smallest absolute Gasteiger partial charge is 0.335 e. The molecule has 95 heavy (non-hydrogen) atoms. The van der Waals surface area contributed by atoms with Gasteiger partial charge < -0.3 is 73.6 Å². The van der Waals surface area contributed by atoms with Crippen LogP contribution in [0, 0.1) is 0 Å². The normalized spacial score (nSPS) is 19.0. The zero-order valence-corrected chi connectivity index (χ0v) is 53.6. The van der Waals surface area contributed by atoms with Gasteiger partial charge in [0, 0.05) is 91.7 Å². The number of imidazole rings is 2. The highest BCUT2D eigenvalue weighted by Gasteiger charge is 2.48. The van der Waals surface area contributed by atoms with Crippen molar-refractivity contribution in [3.63, 3.8) is 0 Å². The summed E-state index contributed by atoms with van der Waals surface area (Å²) in [5.74, 6) is -0.219. The lowest BCUT2D eigenvalue weighted by atomic mass is 9.91. The number of thiazole rings is 2. The second kappa shape index (κ2) is 28.5. The van der Waals surface area contributed by atoms with E-state index >= 15 is 0 Å². The number of anilines is 4. The van der Waals surface area contributed by atoms with E-state index in [1.807, 2.05) is 60.9 Å². The van der Waals surface area contributed by atoms with Crippen molar-refractivity contribution < 1.29 is 82.2 Å². The summed E-state index contributed by atoms with van der Waals surface area (Å²) in [6, 6.07) is 28.6. The molecule has 5 atom stereocenters. The number of aliphatic carboxylic acids is 2. The molecule has 4 aromatic carbocycles. The van der Waals surface area contributed by atoms with Gasteiger partial charge in [0.25, 0.3) is 0 Å². The molecule has 13 rings (SSSR count). The average molecular weight is 1340 g/mol. The van der Waals surface area contributed by atoms with Crippen molar-refractivity contribution in [1.82, 2.24) is 38.9 Å². The number of carboxylic acids is 2. The number of ether oxygens (including phenoxy) is 6. The summed E-state index contributed by atoms with van der Waals surface area (Å²) in [4.78, 5) is 64.1. The van der Waals surface area contributed by atoms with Crippen molar-refractivity contribution >= 4 is 100 Å². The lowest BCUT2D eigenvalue weighted by molar-refractivity contribution is -0.296. The Morgan fingerprint density at radius 3 is 1.52 bits per heavy atom. The van der Waals surface area contributed by atoms with Crippen LogP contribution in [0.5, 0.6) is 11.5 Å². The Kier molecular flexibility index (Phi) is 19.7. The molecule has 29 nitrogen and oxygen atoms in total. The molecule has 500 valence electrons. The highest BCUT2D eigenvalue weighted by molar-refractivity contribution is 7.24. The number of benzene rings is 4. The van der Waals surface area contributed by atoms with E-state index in [2.05, 4.69) is 62.3 Å². The molecule has 3 aliphatic rings. The first-order valence-corrected chi connectivity index (χ1v) is 32.1. The number of urea groups is 2. The van der Waals surface area contributed by atoms with E-state index < -0.39 is 65.5 Å². The molecule has 6 aromatic heterocycles. The maximum absolute atomic E-state index is 12.8. The first-order chi connectivity index (χ1) is 45.7. The van der Waals surface area contributed by atoms with Crippen molar-refractivity contribution in [2.24, 2.45) is 0 Å². The van der Waals surface area contributed by atoms with E-state index in [0.29, 0.717) is 30.3 Å². The SMILES string of the molecule is CC(C)(C(=O)O)c1cc(NC(=O)Nc2ccc(-c3cn4c(n3)sc3cc(OCCN5CCOCC5)ccc34)cc2)no1.CC(C)(COC1OC(C(=O)O)C(O)C(O)C1O)c1cc(NC(=O)Nc2ccc(-c3cn4c(n3)sc3cc(OCCN5CCOCC5)ccc34)cc2)no1. The van der Waals surface area contributed by atoms with E-state index in [1.54, 1.807) is 60.8 Å². The van der Waals surface area contributed by atoms with Crippen LogP contribution in [0.25, 0.3) is 52.9 Å². The van der Waals surface area contributed by atoms with Crippen molar-refractivity contribution in [3.8, 4) is 34.0 Å². The van der Waals surface area contributed by atoms with E-state index in [-0.39, 0.29) is 24.0 Å². The van der Waals surface area contributed by atoms with Crippen molar-refractivity contribution in [1.29, 1.82) is 0 Å². The number of aliphatic hydroxyl groups excluding tert-OH is 3. The highest BCUT2D eigenvalue weighted by atomic mass is 32.1. The average Bonchev–Trinajstić information content (AvgIpc) is 1.63. The second-order valence-corrected chi connectivity index (χ2v) is 26.0. The van der Waals surface area contributed by atoms with Crippen LogP contribution in [0.4, 0.5) is 32.6 Å². The number of nitrogens with one attached hydrogen (secondary N) is 4. The van der Waals surface area contributed by atoms with Crippen LogP contribution in [0.15, 0.2) is 119 Å². The predicted molar refractivity (Wildman–Crippen MR) is 350 cm³/mol. The molecule has 3 fully saturated rings. The zero-order valence-electron chi connectivity index (χ0n) is 52.0. The molecule has 5 unspecified atom stereocenters. The van der Waals surface area contributed by atoms with Crippen molar-refractivity contribution in [2.45, 2.75) is 69.2 Å². The quantitative estimate of drug-likeness (QED) is 0.0333. The van der Waals surface area contributed by atoms with Gasteiger partial charge in [0.2, 0.25) is 0 Å². The van der Waals surface area contributed by atoms with Gasteiger partial charge in [-0.2, -0.15) is 0 Å². The minimum absolute atomic E-state index is 0.116. The van der Waals surface area contributed by atoms with Crippen molar-refractivity contribution in [2.75, 3.05) is 107 Å². The first-order valence-electron chi connectivity index (χ1n) is 30.5. The molecule has 0 radical (unpaired) electrons. The minimum Gasteiger partial charge on any atom is -0.492 e. The fourth-order valence-electron chi connectivity index (χ4n) is 10.6. The summed E-state index contributed by atoms with van der Waals surface area (Å²) < 4.78 is 50.4. The van der Waals surface area contributed by atoms with Gasteiger partial charge in [-0.15, -0.1) is 0 Å². The molecule has 4 amide bonds. The Labute approximate surface area is 549 Å². The number of carbonyl (C=O) groups excluding carboxylic acids is 2. The predicted octanol–water partition coefficient (Wildman–Crippen LogP) is 7.67. The van der Waals surface area contributed by atoms with Gasteiger partial charge in [-0.25, -0.2) is 24.4 Å². The first kappa shape index (κ1) is 65.9. The Morgan fingerprint density at radius 2 is 1.05 bits per heavy atom. The second-order valence-electron chi connectivity index (χ2n) is 24.0. The summed E-state index contributed by atoms with van der Waals surface area (Å²) in [5.41, 5.74) is 4.44. The number of carbonyl (C=O) groups is 4. The molecule has 3 aliphatic heterocycles. The summed E-state index contributed by atoms with van der Waals surface area (Å²) in [5, 5.41) is 67.0. The number of morpholine rings is 2. The van der Waals surface area contributed by atoms with E-state index in [9.17, 15) is 44.7 Å². The van der Waals surface area contributed by atoms with Crippen LogP contribution in [0.1, 0.15) is 39.2 Å². The fraction of sp³-hybridized carbons (Fsp3) is 0.375. The summed E-state index contributed by atoms with van der Waals surface area (Å²) in [6.07, 6.45) is -4.63. The van der Waals surface area contributed by atoms with Crippen LogP contribution in [0.2, 0.25) is 0 Å². The van der Waals surface area contributed by atoms with E-state index in [4.69, 9.17) is 47.4 Å². The van der Waals surface area contributed by atoms with Crippen LogP contribution < -0.4 is 30.7 Å². The number of carboxylic acid groups (broad SMARTS) is 2.